The van der Waals surface area contributed by atoms with Crippen LogP contribution in [0.2, 0.25) is 0 Å². The van der Waals surface area contributed by atoms with E-state index in [1.54, 1.807) is 44.6 Å². The Kier molecular flexibility index (Phi) is 13.9. The second kappa shape index (κ2) is 18.7. The third kappa shape index (κ3) is 9.46. The number of ether oxygens (including phenoxy) is 4. The SMILES string of the molecule is CCOC(=O)C1=C(COCCN(C)C)NC2=C(C(=O)CC(C)(C)C2)C1c1ccc(N2C3=C(C(=O)CC(C)(C)C3)C(c3cccnc3)C(C(=O)OCC)=C2COCCO)nc1. The third-order valence-electron chi connectivity index (χ3n) is 11.2. The van der Waals surface area contributed by atoms with E-state index in [2.05, 4.69) is 24.1 Å². The van der Waals surface area contributed by atoms with Gasteiger partial charge in [-0.1, -0.05) is 39.8 Å². The topological polar surface area (TPSA) is 170 Å². The van der Waals surface area contributed by atoms with Crippen LogP contribution in [-0.4, -0.2) is 110 Å². The van der Waals surface area contributed by atoms with Crippen molar-refractivity contribution < 1.29 is 43.2 Å². The largest absolute Gasteiger partial charge is 0.463 e. The van der Waals surface area contributed by atoms with E-state index in [9.17, 15) is 24.3 Å². The molecular weight excluding hydrogens is 767 g/mol. The number of rotatable bonds is 16. The molecule has 14 nitrogen and oxygen atoms in total. The Hall–Kier alpha value is -5.02. The molecule has 0 aromatic carbocycles. The Labute approximate surface area is 352 Å². The highest BCUT2D eigenvalue weighted by atomic mass is 16.5. The van der Waals surface area contributed by atoms with Crippen LogP contribution in [0.3, 0.4) is 0 Å². The van der Waals surface area contributed by atoms with Crippen LogP contribution < -0.4 is 10.2 Å². The maximum absolute atomic E-state index is 14.4. The minimum absolute atomic E-state index is 0.00411. The van der Waals surface area contributed by atoms with Gasteiger partial charge in [0.2, 0.25) is 0 Å². The summed E-state index contributed by atoms with van der Waals surface area (Å²) in [6, 6.07) is 7.22. The number of ketones is 2. The molecule has 0 bridgehead atoms. The van der Waals surface area contributed by atoms with Gasteiger partial charge in [-0.3, -0.25) is 19.5 Å². The van der Waals surface area contributed by atoms with Crippen molar-refractivity contribution in [2.75, 3.05) is 71.8 Å². The Morgan fingerprint density at radius 1 is 0.833 bits per heavy atom. The van der Waals surface area contributed by atoms with Crippen molar-refractivity contribution in [3.8, 4) is 0 Å². The lowest BCUT2D eigenvalue weighted by Gasteiger charge is -2.45. The summed E-state index contributed by atoms with van der Waals surface area (Å²) in [5.74, 6) is -2.57. The fraction of sp³-hybridized carbons (Fsp3) is 0.522. The van der Waals surface area contributed by atoms with Gasteiger partial charge in [-0.15, -0.1) is 0 Å². The highest BCUT2D eigenvalue weighted by molar-refractivity contribution is 6.06. The number of hydrogen-bond donors (Lipinski definition) is 2. The number of anilines is 1. The lowest BCUT2D eigenvalue weighted by atomic mass is 9.68. The predicted octanol–water partition coefficient (Wildman–Crippen LogP) is 5.28. The van der Waals surface area contributed by atoms with Crippen molar-refractivity contribution in [3.05, 3.63) is 99.1 Å². The lowest BCUT2D eigenvalue weighted by molar-refractivity contribution is -0.140. The Balaban J connectivity index is 1.55. The number of carbonyl (C=O) groups is 4. The van der Waals surface area contributed by atoms with Crippen LogP contribution in [0, 0.1) is 10.8 Å². The van der Waals surface area contributed by atoms with Crippen LogP contribution >= 0.6 is 0 Å². The first kappa shape index (κ1) is 44.5. The quantitative estimate of drug-likeness (QED) is 0.166. The normalized spacial score (nSPS) is 21.3. The lowest BCUT2D eigenvalue weighted by Crippen LogP contribution is -2.43. The molecule has 0 radical (unpaired) electrons. The number of dihydropyridines is 1. The average molecular weight is 826 g/mol. The number of allylic oxidation sites excluding steroid dienone is 4. The highest BCUT2D eigenvalue weighted by Gasteiger charge is 2.48. The molecule has 4 aliphatic rings. The average Bonchev–Trinajstić information content (AvgIpc) is 3.18. The molecule has 4 heterocycles. The van der Waals surface area contributed by atoms with Crippen LogP contribution in [0.15, 0.2) is 87.9 Å². The fourth-order valence-corrected chi connectivity index (χ4v) is 8.77. The van der Waals surface area contributed by atoms with E-state index >= 15 is 0 Å². The molecule has 2 aromatic heterocycles. The zero-order chi connectivity index (χ0) is 43.4. The fourth-order valence-electron chi connectivity index (χ4n) is 8.77. The van der Waals surface area contributed by atoms with Crippen LogP contribution in [-0.2, 0) is 38.1 Å². The number of carbonyl (C=O) groups excluding carboxylic acids is 4. The van der Waals surface area contributed by atoms with Crippen molar-refractivity contribution in [2.45, 2.75) is 79.1 Å². The summed E-state index contributed by atoms with van der Waals surface area (Å²) in [6.07, 6.45) is 6.54. The van der Waals surface area contributed by atoms with Crippen molar-refractivity contribution in [1.82, 2.24) is 20.2 Å². The number of aliphatic hydroxyl groups is 1. The van der Waals surface area contributed by atoms with Crippen molar-refractivity contribution >= 4 is 29.3 Å². The molecule has 322 valence electrons. The van der Waals surface area contributed by atoms with Crippen LogP contribution in [0.5, 0.6) is 0 Å². The molecule has 2 aliphatic carbocycles. The van der Waals surface area contributed by atoms with Crippen LogP contribution in [0.25, 0.3) is 0 Å². The van der Waals surface area contributed by atoms with Gasteiger partial charge in [0.1, 0.15) is 5.82 Å². The first-order chi connectivity index (χ1) is 28.6. The number of aliphatic hydroxyl groups excluding tert-OH is 1. The smallest absolute Gasteiger partial charge is 0.336 e. The number of likely N-dealkylation sites (N-methyl/N-ethyl adjacent to an activating group) is 1. The van der Waals surface area contributed by atoms with Gasteiger partial charge >= 0.3 is 11.9 Å². The molecule has 0 spiro atoms. The molecule has 14 heteroatoms. The minimum Gasteiger partial charge on any atom is -0.463 e. The van der Waals surface area contributed by atoms with E-state index < -0.39 is 29.2 Å². The number of Topliss-reactive ketones (excluding diaryl/α,β-unsaturated/α-hetero) is 2. The Morgan fingerprint density at radius 3 is 2.08 bits per heavy atom. The van der Waals surface area contributed by atoms with E-state index in [4.69, 9.17) is 23.9 Å². The molecule has 2 aromatic rings. The van der Waals surface area contributed by atoms with Crippen LogP contribution in [0.4, 0.5) is 5.82 Å². The van der Waals surface area contributed by atoms with Crippen molar-refractivity contribution in [2.24, 2.45) is 10.8 Å². The predicted molar refractivity (Wildman–Crippen MR) is 224 cm³/mol. The van der Waals surface area contributed by atoms with Gasteiger partial charge in [0.15, 0.2) is 11.6 Å². The van der Waals surface area contributed by atoms with E-state index in [-0.39, 0.29) is 74.2 Å². The van der Waals surface area contributed by atoms with Gasteiger partial charge in [0.05, 0.1) is 68.8 Å². The first-order valence-corrected chi connectivity index (χ1v) is 20.8. The summed E-state index contributed by atoms with van der Waals surface area (Å²) in [6.45, 7) is 12.7. The number of nitrogens with zero attached hydrogens (tertiary/aromatic N) is 4. The summed E-state index contributed by atoms with van der Waals surface area (Å²) in [4.78, 5) is 70.0. The van der Waals surface area contributed by atoms with Crippen molar-refractivity contribution in [3.63, 3.8) is 0 Å². The molecule has 2 N–H and O–H groups in total. The number of pyridine rings is 2. The zero-order valence-electron chi connectivity index (χ0n) is 36.2. The van der Waals surface area contributed by atoms with E-state index in [1.807, 2.05) is 49.9 Å². The standard InChI is InChI=1S/C46H59N5O9/c1-9-59-43(55)40-31(26-57-18-16-50(7)8)49-30-20-45(3,4)22-34(53)39(30)37(40)29-13-14-36(48-25-29)51-32-21-46(5,6)23-35(54)41(32)38(28-12-11-15-47-24-28)42(44(56)60-10-2)33(51)27-58-19-17-52/h11-15,24-25,37-38,49,52H,9-10,16-23,26-27H2,1-8H3. The van der Waals surface area contributed by atoms with E-state index in [0.717, 1.165) is 5.70 Å². The zero-order valence-corrected chi connectivity index (χ0v) is 36.2. The molecule has 6 rings (SSSR count). The van der Waals surface area contributed by atoms with Gasteiger partial charge in [-0.05, 0) is 74.9 Å². The molecule has 60 heavy (non-hydrogen) atoms. The number of nitrogens with one attached hydrogen (secondary N) is 1. The maximum Gasteiger partial charge on any atom is 0.336 e. The maximum atomic E-state index is 14.4. The molecule has 2 unspecified atom stereocenters. The summed E-state index contributed by atoms with van der Waals surface area (Å²) in [5, 5.41) is 13.2. The minimum atomic E-state index is -0.808. The molecule has 2 atom stereocenters. The second-order valence-corrected chi connectivity index (χ2v) is 17.5. The van der Waals surface area contributed by atoms with Gasteiger partial charge in [0.25, 0.3) is 0 Å². The number of aromatic nitrogens is 2. The Morgan fingerprint density at radius 2 is 1.47 bits per heavy atom. The van der Waals surface area contributed by atoms with Gasteiger partial charge in [0, 0.05) is 72.4 Å². The number of hydrogen-bond acceptors (Lipinski definition) is 14. The van der Waals surface area contributed by atoms with Gasteiger partial charge < -0.3 is 34.3 Å². The first-order valence-electron chi connectivity index (χ1n) is 20.8. The second-order valence-electron chi connectivity index (χ2n) is 17.5. The van der Waals surface area contributed by atoms with E-state index in [1.165, 1.54) is 0 Å². The summed E-state index contributed by atoms with van der Waals surface area (Å²) >= 11 is 0. The summed E-state index contributed by atoms with van der Waals surface area (Å²) < 4.78 is 23.4. The Bertz CT molecular complexity index is 2100. The third-order valence-corrected chi connectivity index (χ3v) is 11.2. The monoisotopic (exact) mass is 825 g/mol. The molecule has 0 saturated heterocycles. The molecular formula is C46H59N5O9. The van der Waals surface area contributed by atoms with Gasteiger partial charge in [-0.2, -0.15) is 0 Å². The summed E-state index contributed by atoms with van der Waals surface area (Å²) in [7, 11) is 3.91. The highest BCUT2D eigenvalue weighted by Crippen LogP contribution is 2.52. The van der Waals surface area contributed by atoms with Gasteiger partial charge in [-0.25, -0.2) is 14.6 Å². The van der Waals surface area contributed by atoms with E-state index in [0.29, 0.717) is 77.6 Å². The number of esters is 2. The molecule has 2 aliphatic heterocycles. The van der Waals surface area contributed by atoms with Crippen molar-refractivity contribution in [1.29, 1.82) is 0 Å². The molecule has 0 amide bonds. The molecule has 0 fully saturated rings. The van der Waals surface area contributed by atoms with Crippen LogP contribution in [0.1, 0.15) is 90.2 Å². The molecule has 0 saturated carbocycles. The summed E-state index contributed by atoms with van der Waals surface area (Å²) in [5.41, 5.74) is 4.29.